The lowest BCUT2D eigenvalue weighted by Gasteiger charge is -2.14. The Morgan fingerprint density at radius 1 is 1.25 bits per heavy atom. The maximum atomic E-state index is 12.1. The summed E-state index contributed by atoms with van der Waals surface area (Å²) >= 11 is 0. The highest BCUT2D eigenvalue weighted by Gasteiger charge is 2.14. The van der Waals surface area contributed by atoms with E-state index < -0.39 is 6.04 Å². The Morgan fingerprint density at radius 3 is 2.54 bits per heavy atom. The Bertz CT molecular complexity index is 602. The number of nitrogens with two attached hydrogens (primary N) is 1. The fourth-order valence-electron chi connectivity index (χ4n) is 2.32. The van der Waals surface area contributed by atoms with Crippen LogP contribution < -0.4 is 11.1 Å². The number of amides is 1. The van der Waals surface area contributed by atoms with Crippen LogP contribution in [0.3, 0.4) is 0 Å². The molecule has 2 rings (SSSR count). The second-order valence-electron chi connectivity index (χ2n) is 5.90. The summed E-state index contributed by atoms with van der Waals surface area (Å²) in [5.41, 5.74) is 7.03. The molecule has 0 radical (unpaired) electrons. The average molecular weight is 373 g/mol. The molecular weight excluding hydrogens is 347 g/mol. The van der Waals surface area contributed by atoms with Crippen molar-refractivity contribution in [1.82, 2.24) is 14.9 Å². The summed E-state index contributed by atoms with van der Waals surface area (Å²) in [5, 5.41) is 2.87. The van der Waals surface area contributed by atoms with Crippen LogP contribution >= 0.6 is 24.8 Å². The molecule has 0 saturated carbocycles. The van der Waals surface area contributed by atoms with Gasteiger partial charge in [0.1, 0.15) is 5.82 Å². The lowest BCUT2D eigenvalue weighted by Crippen LogP contribution is -2.42. The van der Waals surface area contributed by atoms with Crippen LogP contribution in [0.5, 0.6) is 0 Å². The highest BCUT2D eigenvalue weighted by molar-refractivity contribution is 5.85. The van der Waals surface area contributed by atoms with E-state index in [2.05, 4.69) is 28.7 Å². The molecule has 0 aliphatic carbocycles. The van der Waals surface area contributed by atoms with Gasteiger partial charge in [0.25, 0.3) is 0 Å². The Kier molecular flexibility index (Phi) is 10.4. The summed E-state index contributed by atoms with van der Waals surface area (Å²) in [5.74, 6) is 1.24. The van der Waals surface area contributed by atoms with Gasteiger partial charge in [0.15, 0.2) is 0 Å². The standard InChI is InChI=1S/C17H24N4O.2ClH/c1-13(2)12-21-9-8-19-16(21)11-20-17(22)15(18)10-14-6-4-3-5-7-14;;/h3-9,13,15H,10-12,18H2,1-2H3,(H,20,22);2*1H. The van der Waals surface area contributed by atoms with Crippen molar-refractivity contribution in [3.05, 3.63) is 54.1 Å². The number of hydrogen-bond acceptors (Lipinski definition) is 3. The number of halogens is 2. The molecule has 1 aromatic carbocycles. The van der Waals surface area contributed by atoms with Crippen molar-refractivity contribution >= 4 is 30.7 Å². The second kappa shape index (κ2) is 11.1. The van der Waals surface area contributed by atoms with Gasteiger partial charge in [-0.3, -0.25) is 4.79 Å². The van der Waals surface area contributed by atoms with E-state index in [1.807, 2.05) is 36.5 Å². The predicted molar refractivity (Wildman–Crippen MR) is 102 cm³/mol. The van der Waals surface area contributed by atoms with Gasteiger partial charge in [-0.2, -0.15) is 0 Å². The fraction of sp³-hybridized carbons (Fsp3) is 0.412. The molecule has 0 fully saturated rings. The molecule has 1 aromatic heterocycles. The average Bonchev–Trinajstić information content (AvgIpc) is 2.92. The second-order valence-corrected chi connectivity index (χ2v) is 5.90. The van der Waals surface area contributed by atoms with Gasteiger partial charge in [-0.1, -0.05) is 44.2 Å². The minimum Gasteiger partial charge on any atom is -0.348 e. The number of rotatable bonds is 7. The van der Waals surface area contributed by atoms with Crippen molar-refractivity contribution in [2.75, 3.05) is 0 Å². The molecule has 134 valence electrons. The lowest BCUT2D eigenvalue weighted by atomic mass is 10.1. The van der Waals surface area contributed by atoms with E-state index in [4.69, 9.17) is 5.73 Å². The minimum atomic E-state index is -0.545. The van der Waals surface area contributed by atoms with Gasteiger partial charge in [0, 0.05) is 18.9 Å². The summed E-state index contributed by atoms with van der Waals surface area (Å²) in [7, 11) is 0. The normalized spacial score (nSPS) is 11.3. The van der Waals surface area contributed by atoms with E-state index >= 15 is 0 Å². The Labute approximate surface area is 155 Å². The van der Waals surface area contributed by atoms with Gasteiger partial charge >= 0.3 is 0 Å². The van der Waals surface area contributed by atoms with E-state index in [0.29, 0.717) is 18.9 Å². The SMILES string of the molecule is CC(C)Cn1ccnc1CNC(=O)C(N)Cc1ccccc1.Cl.Cl. The van der Waals surface area contributed by atoms with Crippen molar-refractivity contribution in [2.24, 2.45) is 11.7 Å². The molecule has 1 heterocycles. The zero-order valence-corrected chi connectivity index (χ0v) is 15.6. The van der Waals surface area contributed by atoms with E-state index in [0.717, 1.165) is 17.9 Å². The molecule has 3 N–H and O–H groups in total. The van der Waals surface area contributed by atoms with E-state index in [1.54, 1.807) is 6.20 Å². The zero-order chi connectivity index (χ0) is 15.9. The number of carbonyl (C=O) groups is 1. The Hall–Kier alpha value is -1.56. The minimum absolute atomic E-state index is 0. The van der Waals surface area contributed by atoms with Gasteiger partial charge in [-0.05, 0) is 17.9 Å². The number of carbonyl (C=O) groups excluding carboxylic acids is 1. The number of aromatic nitrogens is 2. The topological polar surface area (TPSA) is 72.9 Å². The van der Waals surface area contributed by atoms with Crippen molar-refractivity contribution in [2.45, 2.75) is 39.4 Å². The molecule has 0 saturated heterocycles. The molecule has 0 bridgehead atoms. The molecule has 0 spiro atoms. The van der Waals surface area contributed by atoms with Gasteiger partial charge in [0.05, 0.1) is 12.6 Å². The first-order chi connectivity index (χ1) is 10.6. The molecular formula is C17H26Cl2N4O. The smallest absolute Gasteiger partial charge is 0.237 e. The van der Waals surface area contributed by atoms with E-state index in [1.165, 1.54) is 0 Å². The van der Waals surface area contributed by atoms with Crippen LogP contribution in [0.25, 0.3) is 0 Å². The number of hydrogen-bond donors (Lipinski definition) is 2. The van der Waals surface area contributed by atoms with Crippen molar-refractivity contribution in [3.63, 3.8) is 0 Å². The first-order valence-corrected chi connectivity index (χ1v) is 7.63. The summed E-state index contributed by atoms with van der Waals surface area (Å²) in [6.45, 7) is 5.60. The Balaban J connectivity index is 0.00000264. The predicted octanol–water partition coefficient (Wildman–Crippen LogP) is 2.57. The van der Waals surface area contributed by atoms with Gasteiger partial charge in [-0.25, -0.2) is 4.98 Å². The van der Waals surface area contributed by atoms with Crippen LogP contribution in [0.15, 0.2) is 42.7 Å². The maximum absolute atomic E-state index is 12.1. The molecule has 5 nitrogen and oxygen atoms in total. The van der Waals surface area contributed by atoms with Gasteiger partial charge in [0.2, 0.25) is 5.91 Å². The third kappa shape index (κ3) is 6.91. The van der Waals surface area contributed by atoms with Crippen LogP contribution in [-0.4, -0.2) is 21.5 Å². The molecule has 0 aliphatic heterocycles. The summed E-state index contributed by atoms with van der Waals surface area (Å²) < 4.78 is 2.06. The summed E-state index contributed by atoms with van der Waals surface area (Å²) in [6, 6.07) is 9.25. The first kappa shape index (κ1) is 22.4. The third-order valence-electron chi connectivity index (χ3n) is 3.42. The van der Waals surface area contributed by atoms with Crippen molar-refractivity contribution < 1.29 is 4.79 Å². The van der Waals surface area contributed by atoms with Crippen LogP contribution in [0.1, 0.15) is 25.2 Å². The van der Waals surface area contributed by atoms with Gasteiger partial charge < -0.3 is 15.6 Å². The number of nitrogens with zero attached hydrogens (tertiary/aromatic N) is 2. The van der Waals surface area contributed by atoms with Crippen LogP contribution in [0, 0.1) is 5.92 Å². The lowest BCUT2D eigenvalue weighted by molar-refractivity contribution is -0.122. The molecule has 7 heteroatoms. The highest BCUT2D eigenvalue weighted by atomic mass is 35.5. The first-order valence-electron chi connectivity index (χ1n) is 7.63. The van der Waals surface area contributed by atoms with E-state index in [9.17, 15) is 4.79 Å². The number of imidazole rings is 1. The quantitative estimate of drug-likeness (QED) is 0.784. The van der Waals surface area contributed by atoms with Crippen molar-refractivity contribution in [3.8, 4) is 0 Å². The fourth-order valence-corrected chi connectivity index (χ4v) is 2.32. The Morgan fingerprint density at radius 2 is 1.92 bits per heavy atom. The monoisotopic (exact) mass is 372 g/mol. The largest absolute Gasteiger partial charge is 0.348 e. The zero-order valence-electron chi connectivity index (χ0n) is 14.0. The number of benzene rings is 1. The third-order valence-corrected chi connectivity index (χ3v) is 3.42. The van der Waals surface area contributed by atoms with Gasteiger partial charge in [-0.15, -0.1) is 24.8 Å². The highest BCUT2D eigenvalue weighted by Crippen LogP contribution is 2.05. The summed E-state index contributed by atoms with van der Waals surface area (Å²) in [4.78, 5) is 16.4. The molecule has 2 aromatic rings. The molecule has 0 aliphatic rings. The van der Waals surface area contributed by atoms with Crippen molar-refractivity contribution in [1.29, 1.82) is 0 Å². The summed E-state index contributed by atoms with van der Waals surface area (Å²) in [6.07, 6.45) is 4.23. The molecule has 24 heavy (non-hydrogen) atoms. The maximum Gasteiger partial charge on any atom is 0.237 e. The molecule has 1 unspecified atom stereocenters. The molecule has 1 amide bonds. The van der Waals surface area contributed by atoms with Crippen LogP contribution in [-0.2, 0) is 24.3 Å². The van der Waals surface area contributed by atoms with E-state index in [-0.39, 0.29) is 30.7 Å². The van der Waals surface area contributed by atoms with Crippen LogP contribution in [0.4, 0.5) is 0 Å². The number of nitrogens with one attached hydrogen (secondary N) is 1. The van der Waals surface area contributed by atoms with Crippen LogP contribution in [0.2, 0.25) is 0 Å². The molecule has 1 atom stereocenters.